The van der Waals surface area contributed by atoms with Gasteiger partial charge >= 0.3 is 5.97 Å². The lowest BCUT2D eigenvalue weighted by molar-refractivity contribution is -0.146. The summed E-state index contributed by atoms with van der Waals surface area (Å²) in [4.78, 5) is 21.9. The monoisotopic (exact) mass is 349 g/mol. The number of hydrogen-bond donors (Lipinski definition) is 3. The molecule has 0 fully saturated rings. The largest absolute Gasteiger partial charge is 0.479 e. The highest BCUT2D eigenvalue weighted by Crippen LogP contribution is 2.07. The second kappa shape index (κ2) is 6.55. The second-order valence-corrected chi connectivity index (χ2v) is 4.65. The van der Waals surface area contributed by atoms with Gasteiger partial charge in [-0.05, 0) is 40.8 Å². The van der Waals surface area contributed by atoms with Gasteiger partial charge in [0.15, 0.2) is 6.10 Å². The molecule has 3 N–H and O–H groups in total. The van der Waals surface area contributed by atoms with E-state index in [1.165, 1.54) is 0 Å². The van der Waals surface area contributed by atoms with E-state index in [2.05, 4.69) is 27.9 Å². The molecule has 0 spiro atoms. The van der Waals surface area contributed by atoms with Crippen LogP contribution in [0.4, 0.5) is 0 Å². The number of hydrogen-bond acceptors (Lipinski definition) is 3. The standard InChI is InChI=1S/C11H12INO4/c12-8-3-1-2-7(6-8)10(15)13-5-4-9(14)11(16)17/h1-3,6,9,14H,4-5H2,(H,13,15)(H,16,17). The number of halogens is 1. The Morgan fingerprint density at radius 2 is 2.12 bits per heavy atom. The summed E-state index contributed by atoms with van der Waals surface area (Å²) in [5.74, 6) is -1.56. The number of amides is 1. The summed E-state index contributed by atoms with van der Waals surface area (Å²) in [5.41, 5.74) is 0.515. The van der Waals surface area contributed by atoms with Crippen molar-refractivity contribution in [3.8, 4) is 0 Å². The fourth-order valence-corrected chi connectivity index (χ4v) is 1.72. The average Bonchev–Trinajstić information content (AvgIpc) is 2.28. The van der Waals surface area contributed by atoms with Gasteiger partial charge in [0.1, 0.15) is 0 Å². The summed E-state index contributed by atoms with van der Waals surface area (Å²) < 4.78 is 0.945. The van der Waals surface area contributed by atoms with Crippen molar-refractivity contribution in [1.29, 1.82) is 0 Å². The van der Waals surface area contributed by atoms with E-state index in [9.17, 15) is 9.59 Å². The minimum atomic E-state index is -1.44. The van der Waals surface area contributed by atoms with Gasteiger partial charge in [-0.25, -0.2) is 4.79 Å². The zero-order chi connectivity index (χ0) is 12.8. The molecular formula is C11H12INO4. The van der Waals surface area contributed by atoms with Gasteiger partial charge in [0.2, 0.25) is 0 Å². The maximum absolute atomic E-state index is 11.6. The van der Waals surface area contributed by atoms with Crippen LogP contribution >= 0.6 is 22.6 Å². The number of carboxylic acids is 1. The minimum absolute atomic E-state index is 0.00893. The number of aliphatic hydroxyl groups is 1. The molecule has 92 valence electrons. The van der Waals surface area contributed by atoms with Crippen molar-refractivity contribution >= 4 is 34.5 Å². The summed E-state index contributed by atoms with van der Waals surface area (Å²) in [5, 5.41) is 20.0. The first-order valence-corrected chi connectivity index (χ1v) is 6.03. The van der Waals surface area contributed by atoms with Crippen molar-refractivity contribution in [2.75, 3.05) is 6.54 Å². The maximum atomic E-state index is 11.6. The highest BCUT2D eigenvalue weighted by molar-refractivity contribution is 14.1. The Morgan fingerprint density at radius 3 is 2.71 bits per heavy atom. The van der Waals surface area contributed by atoms with E-state index < -0.39 is 12.1 Å². The molecule has 5 nitrogen and oxygen atoms in total. The third-order valence-electron chi connectivity index (χ3n) is 2.08. The number of carbonyl (C=O) groups excluding carboxylic acids is 1. The second-order valence-electron chi connectivity index (χ2n) is 3.41. The van der Waals surface area contributed by atoms with Crippen LogP contribution < -0.4 is 5.32 Å². The summed E-state index contributed by atoms with van der Waals surface area (Å²) in [6.07, 6.45) is -1.45. The van der Waals surface area contributed by atoms with Gasteiger partial charge in [-0.3, -0.25) is 4.79 Å². The highest BCUT2D eigenvalue weighted by Gasteiger charge is 2.13. The molecule has 1 aromatic carbocycles. The van der Waals surface area contributed by atoms with Crippen molar-refractivity contribution in [2.45, 2.75) is 12.5 Å². The Morgan fingerprint density at radius 1 is 1.41 bits per heavy atom. The Hall–Kier alpha value is -1.15. The average molecular weight is 349 g/mol. The zero-order valence-electron chi connectivity index (χ0n) is 8.89. The van der Waals surface area contributed by atoms with Crippen molar-refractivity contribution < 1.29 is 19.8 Å². The summed E-state index contributed by atoms with van der Waals surface area (Å²) in [6, 6.07) is 7.03. The Kier molecular flexibility index (Phi) is 5.36. The maximum Gasteiger partial charge on any atom is 0.332 e. The van der Waals surface area contributed by atoms with Crippen LogP contribution in [0.3, 0.4) is 0 Å². The molecule has 1 amide bonds. The molecule has 0 saturated heterocycles. The lowest BCUT2D eigenvalue weighted by atomic mass is 10.2. The molecule has 1 aromatic rings. The highest BCUT2D eigenvalue weighted by atomic mass is 127. The zero-order valence-corrected chi connectivity index (χ0v) is 11.0. The predicted molar refractivity (Wildman–Crippen MR) is 69.8 cm³/mol. The van der Waals surface area contributed by atoms with Crippen molar-refractivity contribution in [3.63, 3.8) is 0 Å². The fourth-order valence-electron chi connectivity index (χ4n) is 1.18. The molecule has 0 aliphatic carbocycles. The first kappa shape index (κ1) is 13.9. The van der Waals surface area contributed by atoms with E-state index in [4.69, 9.17) is 10.2 Å². The quantitative estimate of drug-likeness (QED) is 0.688. The number of rotatable bonds is 5. The van der Waals surface area contributed by atoms with Crippen LogP contribution in [0.1, 0.15) is 16.8 Å². The van der Waals surface area contributed by atoms with Gasteiger partial charge in [-0.15, -0.1) is 0 Å². The first-order valence-electron chi connectivity index (χ1n) is 4.95. The van der Waals surface area contributed by atoms with Crippen LogP contribution in [0.25, 0.3) is 0 Å². The third kappa shape index (κ3) is 4.70. The Labute approximate surface area is 112 Å². The van der Waals surface area contributed by atoms with E-state index in [1.807, 2.05) is 6.07 Å². The number of nitrogens with one attached hydrogen (secondary N) is 1. The normalized spacial score (nSPS) is 11.9. The number of aliphatic hydroxyl groups excluding tert-OH is 1. The lowest BCUT2D eigenvalue weighted by Gasteiger charge is -2.07. The molecule has 1 rings (SSSR count). The predicted octanol–water partition coefficient (Wildman–Crippen LogP) is 0.857. The smallest absolute Gasteiger partial charge is 0.332 e. The van der Waals surface area contributed by atoms with Gasteiger partial charge in [-0.1, -0.05) is 6.07 Å². The van der Waals surface area contributed by atoms with Crippen LogP contribution in [0.15, 0.2) is 24.3 Å². The summed E-state index contributed by atoms with van der Waals surface area (Å²) in [7, 11) is 0. The molecule has 1 unspecified atom stereocenters. The molecule has 0 aromatic heterocycles. The van der Waals surface area contributed by atoms with Crippen LogP contribution in [0.5, 0.6) is 0 Å². The van der Waals surface area contributed by atoms with Crippen LogP contribution in [0, 0.1) is 3.57 Å². The SMILES string of the molecule is O=C(NCCC(O)C(=O)O)c1cccc(I)c1. The first-order chi connectivity index (χ1) is 8.00. The Bertz CT molecular complexity index is 422. The van der Waals surface area contributed by atoms with Gasteiger partial charge in [0.05, 0.1) is 0 Å². The molecule has 17 heavy (non-hydrogen) atoms. The Balaban J connectivity index is 2.43. The molecule has 1 atom stereocenters. The van der Waals surface area contributed by atoms with E-state index in [0.29, 0.717) is 5.56 Å². The fraction of sp³-hybridized carbons (Fsp3) is 0.273. The van der Waals surface area contributed by atoms with Gasteiger partial charge in [-0.2, -0.15) is 0 Å². The molecule has 0 radical (unpaired) electrons. The van der Waals surface area contributed by atoms with Crippen LogP contribution in [-0.4, -0.2) is 34.7 Å². The van der Waals surface area contributed by atoms with Crippen molar-refractivity contribution in [1.82, 2.24) is 5.32 Å². The van der Waals surface area contributed by atoms with Crippen molar-refractivity contribution in [3.05, 3.63) is 33.4 Å². The van der Waals surface area contributed by atoms with E-state index in [-0.39, 0.29) is 18.9 Å². The minimum Gasteiger partial charge on any atom is -0.479 e. The summed E-state index contributed by atoms with van der Waals surface area (Å²) in [6.45, 7) is 0.123. The van der Waals surface area contributed by atoms with E-state index in [0.717, 1.165) is 3.57 Å². The molecule has 0 bridgehead atoms. The number of carbonyl (C=O) groups is 2. The number of carboxylic acid groups (broad SMARTS) is 1. The molecule has 0 saturated carbocycles. The van der Waals surface area contributed by atoms with Gasteiger partial charge in [0, 0.05) is 22.1 Å². The number of aliphatic carboxylic acids is 1. The van der Waals surface area contributed by atoms with Crippen LogP contribution in [0.2, 0.25) is 0 Å². The van der Waals surface area contributed by atoms with E-state index in [1.54, 1.807) is 18.2 Å². The van der Waals surface area contributed by atoms with Crippen LogP contribution in [-0.2, 0) is 4.79 Å². The molecule has 0 aliphatic rings. The molecular weight excluding hydrogens is 337 g/mol. The molecule has 0 aliphatic heterocycles. The molecule has 0 heterocycles. The van der Waals surface area contributed by atoms with Crippen molar-refractivity contribution in [2.24, 2.45) is 0 Å². The van der Waals surface area contributed by atoms with Gasteiger partial charge < -0.3 is 15.5 Å². The summed E-state index contributed by atoms with van der Waals surface area (Å²) >= 11 is 2.10. The lowest BCUT2D eigenvalue weighted by Crippen LogP contribution is -2.30. The van der Waals surface area contributed by atoms with Gasteiger partial charge in [0.25, 0.3) is 5.91 Å². The topological polar surface area (TPSA) is 86.6 Å². The third-order valence-corrected chi connectivity index (χ3v) is 2.75. The van der Waals surface area contributed by atoms with E-state index >= 15 is 0 Å². The number of benzene rings is 1. The molecule has 6 heteroatoms.